The van der Waals surface area contributed by atoms with E-state index in [9.17, 15) is 19.2 Å². The van der Waals surface area contributed by atoms with Crippen molar-refractivity contribution in [2.45, 2.75) is 91.8 Å². The first kappa shape index (κ1) is 26.0. The van der Waals surface area contributed by atoms with Crippen molar-refractivity contribution in [1.29, 1.82) is 0 Å². The molecule has 4 rings (SSSR count). The quantitative estimate of drug-likeness (QED) is 0.421. The minimum atomic E-state index is -0.962. The lowest BCUT2D eigenvalue weighted by molar-refractivity contribution is -0.277. The first-order valence-corrected chi connectivity index (χ1v) is 13.0. The van der Waals surface area contributed by atoms with Gasteiger partial charge in [0.15, 0.2) is 0 Å². The maximum absolute atomic E-state index is 13.3. The lowest BCUT2D eigenvalue weighted by Crippen LogP contribution is -2.72. The van der Waals surface area contributed by atoms with Crippen LogP contribution in [-0.2, 0) is 38.1 Å². The molecule has 4 aliphatic rings. The zero-order valence-corrected chi connectivity index (χ0v) is 21.9. The van der Waals surface area contributed by atoms with Crippen LogP contribution in [0.25, 0.3) is 0 Å². The Kier molecular flexibility index (Phi) is 6.73. The van der Waals surface area contributed by atoms with Gasteiger partial charge < -0.3 is 18.9 Å². The zero-order valence-electron chi connectivity index (χ0n) is 21.9. The predicted octanol–water partition coefficient (Wildman–Crippen LogP) is 3.83. The summed E-state index contributed by atoms with van der Waals surface area (Å²) >= 11 is 0. The Morgan fingerprint density at radius 2 is 1.80 bits per heavy atom. The number of hydrogen-bond donors (Lipinski definition) is 0. The van der Waals surface area contributed by atoms with Crippen molar-refractivity contribution in [3.05, 3.63) is 0 Å². The maximum Gasteiger partial charge on any atom is 0.310 e. The number of esters is 4. The van der Waals surface area contributed by atoms with Crippen LogP contribution >= 0.6 is 0 Å². The summed E-state index contributed by atoms with van der Waals surface area (Å²) < 4.78 is 23.1. The summed E-state index contributed by atoms with van der Waals surface area (Å²) in [7, 11) is 1.32. The van der Waals surface area contributed by atoms with Crippen LogP contribution in [0.2, 0.25) is 0 Å². The molecule has 0 N–H and O–H groups in total. The third-order valence-electron chi connectivity index (χ3n) is 9.68. The smallest absolute Gasteiger partial charge is 0.310 e. The second-order valence-corrected chi connectivity index (χ2v) is 12.0. The maximum atomic E-state index is 13.3. The lowest BCUT2D eigenvalue weighted by Gasteiger charge is -2.68. The number of rotatable bonds is 5. The molecule has 0 amide bonds. The molecule has 1 saturated heterocycles. The SMILES string of the molecule is CCCC(=O)OC1C(OC(C)=O)C2C(C)(C)CCCC2(C)C2CCC(C(=O)OC)C3C(=O)OCC132. The number of methoxy groups -OCH3 is 1. The Hall–Kier alpha value is -2.12. The Bertz CT molecular complexity index is 896. The normalized spacial score (nSPS) is 41.5. The predicted molar refractivity (Wildman–Crippen MR) is 125 cm³/mol. The van der Waals surface area contributed by atoms with Gasteiger partial charge in [-0.05, 0) is 48.9 Å². The minimum Gasteiger partial charge on any atom is -0.469 e. The molecule has 8 unspecified atom stereocenters. The van der Waals surface area contributed by atoms with E-state index >= 15 is 0 Å². The van der Waals surface area contributed by atoms with Crippen LogP contribution < -0.4 is 0 Å². The van der Waals surface area contributed by atoms with E-state index < -0.39 is 53.3 Å². The second kappa shape index (κ2) is 9.07. The molecule has 8 heteroatoms. The van der Waals surface area contributed by atoms with E-state index in [1.165, 1.54) is 14.0 Å². The minimum absolute atomic E-state index is 0.0387. The molecule has 0 aromatic heterocycles. The molecule has 3 saturated carbocycles. The summed E-state index contributed by atoms with van der Waals surface area (Å²) in [5.41, 5.74) is -1.43. The topological polar surface area (TPSA) is 105 Å². The summed E-state index contributed by atoms with van der Waals surface area (Å²) in [6, 6.07) is 0. The van der Waals surface area contributed by atoms with Crippen LogP contribution in [0.15, 0.2) is 0 Å². The van der Waals surface area contributed by atoms with Crippen LogP contribution in [0.4, 0.5) is 0 Å². The summed E-state index contributed by atoms with van der Waals surface area (Å²) in [6.45, 7) is 9.94. The fourth-order valence-electron chi connectivity index (χ4n) is 8.76. The van der Waals surface area contributed by atoms with Crippen LogP contribution in [0.3, 0.4) is 0 Å². The van der Waals surface area contributed by atoms with Crippen molar-refractivity contribution in [3.63, 3.8) is 0 Å². The Balaban J connectivity index is 1.94. The molecule has 1 spiro atoms. The number of hydrogen-bond acceptors (Lipinski definition) is 8. The Morgan fingerprint density at radius 1 is 1.09 bits per heavy atom. The third-order valence-corrected chi connectivity index (χ3v) is 9.68. The molecule has 0 aromatic carbocycles. The van der Waals surface area contributed by atoms with Crippen molar-refractivity contribution < 1.29 is 38.1 Å². The van der Waals surface area contributed by atoms with E-state index in [2.05, 4.69) is 20.8 Å². The van der Waals surface area contributed by atoms with Gasteiger partial charge in [-0.3, -0.25) is 19.2 Å². The summed E-state index contributed by atoms with van der Waals surface area (Å²) in [4.78, 5) is 51.6. The summed E-state index contributed by atoms with van der Waals surface area (Å²) in [5.74, 6) is -3.37. The van der Waals surface area contributed by atoms with Gasteiger partial charge in [-0.1, -0.05) is 34.1 Å². The van der Waals surface area contributed by atoms with E-state index in [1.807, 2.05) is 6.92 Å². The van der Waals surface area contributed by atoms with Gasteiger partial charge in [0.2, 0.25) is 0 Å². The monoisotopic (exact) mass is 492 g/mol. The highest BCUT2D eigenvalue weighted by atomic mass is 16.6. The van der Waals surface area contributed by atoms with Crippen molar-refractivity contribution in [1.82, 2.24) is 0 Å². The highest BCUT2D eigenvalue weighted by Gasteiger charge is 2.76. The molecule has 0 bridgehead atoms. The fourth-order valence-corrected chi connectivity index (χ4v) is 8.76. The largest absolute Gasteiger partial charge is 0.469 e. The molecule has 4 fully saturated rings. The third kappa shape index (κ3) is 3.86. The number of carbonyl (C=O) groups excluding carboxylic acids is 4. The molecule has 0 aromatic rings. The standard InChI is InChI=1S/C27H40O8/c1-7-9-18(29)35-22-20(34-15(2)28)21-25(3,4)12-8-13-26(21,5)17-11-10-16(23(30)32-6)19-24(31)33-14-27(17,19)22/h16-17,19-22H,7-14H2,1-6H3. The average molecular weight is 493 g/mol. The molecule has 1 heterocycles. The molecule has 1 aliphatic heterocycles. The van der Waals surface area contributed by atoms with Gasteiger partial charge in [-0.15, -0.1) is 0 Å². The second-order valence-electron chi connectivity index (χ2n) is 12.0. The average Bonchev–Trinajstić information content (AvgIpc) is 3.12. The number of fused-ring (bicyclic) bond motifs is 2. The number of carbonyl (C=O) groups is 4. The molecule has 0 radical (unpaired) electrons. The molecule has 8 nitrogen and oxygen atoms in total. The zero-order chi connectivity index (χ0) is 25.8. The van der Waals surface area contributed by atoms with Crippen LogP contribution in [0.1, 0.15) is 79.6 Å². The highest BCUT2D eigenvalue weighted by molar-refractivity contribution is 5.85. The van der Waals surface area contributed by atoms with Crippen LogP contribution in [0.5, 0.6) is 0 Å². The van der Waals surface area contributed by atoms with E-state index in [4.69, 9.17) is 18.9 Å². The highest BCUT2D eigenvalue weighted by Crippen LogP contribution is 2.71. The van der Waals surface area contributed by atoms with Gasteiger partial charge in [-0.25, -0.2) is 0 Å². The van der Waals surface area contributed by atoms with E-state index in [0.29, 0.717) is 19.3 Å². The molecule has 3 aliphatic carbocycles. The Morgan fingerprint density at radius 3 is 2.43 bits per heavy atom. The van der Waals surface area contributed by atoms with E-state index in [-0.39, 0.29) is 35.7 Å². The molecule has 35 heavy (non-hydrogen) atoms. The van der Waals surface area contributed by atoms with Crippen molar-refractivity contribution in [2.75, 3.05) is 13.7 Å². The van der Waals surface area contributed by atoms with E-state index in [0.717, 1.165) is 19.3 Å². The van der Waals surface area contributed by atoms with E-state index in [1.54, 1.807) is 0 Å². The van der Waals surface area contributed by atoms with Gasteiger partial charge in [0, 0.05) is 19.3 Å². The van der Waals surface area contributed by atoms with Gasteiger partial charge in [0.05, 0.1) is 24.4 Å². The number of ether oxygens (including phenoxy) is 4. The van der Waals surface area contributed by atoms with Crippen molar-refractivity contribution in [2.24, 2.45) is 39.9 Å². The van der Waals surface area contributed by atoms with Crippen LogP contribution in [0, 0.1) is 39.9 Å². The molecule has 196 valence electrons. The summed E-state index contributed by atoms with van der Waals surface area (Å²) in [6.07, 6.45) is 3.29. The first-order valence-electron chi connectivity index (χ1n) is 13.0. The molecule has 8 atom stereocenters. The van der Waals surface area contributed by atoms with Crippen LogP contribution in [-0.4, -0.2) is 49.8 Å². The van der Waals surface area contributed by atoms with Crippen molar-refractivity contribution >= 4 is 23.9 Å². The van der Waals surface area contributed by atoms with Gasteiger partial charge in [-0.2, -0.15) is 0 Å². The van der Waals surface area contributed by atoms with Gasteiger partial charge in [0.25, 0.3) is 0 Å². The van der Waals surface area contributed by atoms with Gasteiger partial charge >= 0.3 is 23.9 Å². The molecular weight excluding hydrogens is 452 g/mol. The fraction of sp³-hybridized carbons (Fsp3) is 0.852. The lowest BCUT2D eigenvalue weighted by atomic mass is 9.37. The Labute approximate surface area is 207 Å². The summed E-state index contributed by atoms with van der Waals surface area (Å²) in [5, 5.41) is 0. The van der Waals surface area contributed by atoms with Gasteiger partial charge in [0.1, 0.15) is 18.8 Å². The molecular formula is C27H40O8. The first-order chi connectivity index (χ1) is 16.4. The number of cyclic esters (lactones) is 1. The van der Waals surface area contributed by atoms with Crippen molar-refractivity contribution in [3.8, 4) is 0 Å².